The molecular formula is C20H14F5N5O4S. The highest BCUT2D eigenvalue weighted by molar-refractivity contribution is 7.99. The van der Waals surface area contributed by atoms with Crippen LogP contribution in [0.4, 0.5) is 39.1 Å². The van der Waals surface area contributed by atoms with Gasteiger partial charge in [0.05, 0.1) is 5.75 Å². The number of benzene rings is 2. The molecule has 0 aliphatic carbocycles. The number of hydrogen-bond donors (Lipinski definition) is 4. The van der Waals surface area contributed by atoms with Gasteiger partial charge in [0.25, 0.3) is 11.5 Å². The first-order valence-electron chi connectivity index (χ1n) is 9.36. The van der Waals surface area contributed by atoms with Crippen LogP contribution in [0.25, 0.3) is 0 Å². The number of carbonyl (C=O) groups is 2. The van der Waals surface area contributed by atoms with Crippen LogP contribution in [0.3, 0.4) is 0 Å². The van der Waals surface area contributed by atoms with Gasteiger partial charge in [-0.3, -0.25) is 19.4 Å². The molecule has 3 aromatic rings. The molecule has 2 amide bonds. The van der Waals surface area contributed by atoms with Crippen LogP contribution in [0.5, 0.6) is 5.75 Å². The van der Waals surface area contributed by atoms with E-state index in [-0.39, 0.29) is 22.2 Å². The van der Waals surface area contributed by atoms with Gasteiger partial charge in [0.2, 0.25) is 5.91 Å². The van der Waals surface area contributed by atoms with Gasteiger partial charge in [0.1, 0.15) is 11.4 Å². The Kier molecular flexibility index (Phi) is 7.58. The van der Waals surface area contributed by atoms with E-state index >= 15 is 0 Å². The molecule has 15 heteroatoms. The number of carbonyl (C=O) groups excluding carboxylic acids is 2. The number of hydrogen-bond acceptors (Lipinski definition) is 7. The van der Waals surface area contributed by atoms with Crippen LogP contribution in [0.2, 0.25) is 0 Å². The zero-order valence-electron chi connectivity index (χ0n) is 17.2. The molecule has 0 aliphatic heterocycles. The van der Waals surface area contributed by atoms with Crippen molar-refractivity contribution < 1.29 is 36.3 Å². The monoisotopic (exact) mass is 515 g/mol. The molecule has 0 radical (unpaired) electrons. The summed E-state index contributed by atoms with van der Waals surface area (Å²) in [7, 11) is 0. The second kappa shape index (κ2) is 10.4. The molecule has 184 valence electrons. The van der Waals surface area contributed by atoms with E-state index in [0.29, 0.717) is 6.07 Å². The minimum atomic E-state index is -4.84. The second-order valence-electron chi connectivity index (χ2n) is 6.62. The Morgan fingerprint density at radius 1 is 1.06 bits per heavy atom. The first-order chi connectivity index (χ1) is 16.4. The van der Waals surface area contributed by atoms with Crippen molar-refractivity contribution in [2.24, 2.45) is 0 Å². The van der Waals surface area contributed by atoms with Crippen molar-refractivity contribution in [2.75, 3.05) is 22.1 Å². The summed E-state index contributed by atoms with van der Waals surface area (Å²) >= 11 is 0.779. The molecule has 3 rings (SSSR count). The third-order valence-corrected chi connectivity index (χ3v) is 4.93. The molecule has 1 aromatic heterocycles. The molecule has 9 nitrogen and oxygen atoms in total. The Labute approximate surface area is 196 Å². The van der Waals surface area contributed by atoms with E-state index in [1.165, 1.54) is 12.1 Å². The van der Waals surface area contributed by atoms with Crippen LogP contribution < -0.4 is 26.7 Å². The third kappa shape index (κ3) is 7.17. The molecule has 0 aliphatic rings. The quantitative estimate of drug-likeness (QED) is 0.215. The lowest BCUT2D eigenvalue weighted by Gasteiger charge is -2.10. The van der Waals surface area contributed by atoms with Crippen molar-refractivity contribution in [1.29, 1.82) is 0 Å². The normalized spacial score (nSPS) is 11.1. The summed E-state index contributed by atoms with van der Waals surface area (Å²) in [4.78, 5) is 42.7. The van der Waals surface area contributed by atoms with E-state index < -0.39 is 52.6 Å². The fraction of sp³-hybridized carbons (Fsp3) is 0.100. The van der Waals surface area contributed by atoms with Crippen molar-refractivity contribution in [1.82, 2.24) is 9.97 Å². The van der Waals surface area contributed by atoms with Gasteiger partial charge < -0.3 is 21.1 Å². The number of aromatic nitrogens is 2. The molecule has 0 saturated carbocycles. The predicted molar refractivity (Wildman–Crippen MR) is 116 cm³/mol. The zero-order valence-corrected chi connectivity index (χ0v) is 18.0. The number of H-pyrrole nitrogens is 1. The largest absolute Gasteiger partial charge is 0.573 e. The van der Waals surface area contributed by atoms with Crippen molar-refractivity contribution in [3.05, 3.63) is 70.0 Å². The van der Waals surface area contributed by atoms with Crippen LogP contribution in [-0.2, 0) is 4.79 Å². The average molecular weight is 515 g/mol. The molecule has 2 aromatic carbocycles. The molecule has 0 unspecified atom stereocenters. The van der Waals surface area contributed by atoms with Crippen molar-refractivity contribution in [2.45, 2.75) is 11.5 Å². The first kappa shape index (κ1) is 25.5. The number of aromatic amines is 1. The van der Waals surface area contributed by atoms with Gasteiger partial charge in [-0.05, 0) is 42.5 Å². The summed E-state index contributed by atoms with van der Waals surface area (Å²) in [5, 5.41) is 4.52. The smallest absolute Gasteiger partial charge is 0.406 e. The average Bonchev–Trinajstić information content (AvgIpc) is 2.77. The highest BCUT2D eigenvalue weighted by Gasteiger charge is 2.31. The Morgan fingerprint density at radius 2 is 1.74 bits per heavy atom. The maximum Gasteiger partial charge on any atom is 0.573 e. The molecule has 0 atom stereocenters. The predicted octanol–water partition coefficient (Wildman–Crippen LogP) is 3.51. The summed E-state index contributed by atoms with van der Waals surface area (Å²) in [6, 6.07) is 6.82. The van der Waals surface area contributed by atoms with E-state index in [2.05, 4.69) is 25.3 Å². The maximum absolute atomic E-state index is 13.3. The molecule has 5 N–H and O–H groups in total. The van der Waals surface area contributed by atoms with Gasteiger partial charge in [-0.2, -0.15) is 0 Å². The fourth-order valence-corrected chi connectivity index (χ4v) is 3.22. The van der Waals surface area contributed by atoms with Gasteiger partial charge in [-0.1, -0.05) is 11.8 Å². The number of amides is 2. The number of nitrogens with one attached hydrogen (secondary N) is 3. The van der Waals surface area contributed by atoms with Crippen LogP contribution in [0, 0.1) is 11.6 Å². The summed E-state index contributed by atoms with van der Waals surface area (Å²) in [6.07, 6.45) is -4.84. The second-order valence-corrected chi connectivity index (χ2v) is 7.59. The van der Waals surface area contributed by atoms with E-state index in [1.807, 2.05) is 0 Å². The minimum absolute atomic E-state index is 0.0672. The lowest BCUT2D eigenvalue weighted by Crippen LogP contribution is -2.23. The number of ether oxygens (including phenoxy) is 1. The number of nitrogen functional groups attached to an aromatic ring is 1. The fourth-order valence-electron chi connectivity index (χ4n) is 2.55. The molecule has 0 spiro atoms. The van der Waals surface area contributed by atoms with Crippen LogP contribution in [0.1, 0.15) is 10.4 Å². The Hall–Kier alpha value is -4.14. The third-order valence-electron chi connectivity index (χ3n) is 4.06. The van der Waals surface area contributed by atoms with Crippen molar-refractivity contribution in [3.8, 4) is 5.75 Å². The minimum Gasteiger partial charge on any atom is -0.406 e. The van der Waals surface area contributed by atoms with Crippen molar-refractivity contribution in [3.63, 3.8) is 0 Å². The number of nitrogens with two attached hydrogens (primary N) is 1. The van der Waals surface area contributed by atoms with Gasteiger partial charge in [-0.15, -0.1) is 13.2 Å². The van der Waals surface area contributed by atoms with Crippen LogP contribution in [-0.4, -0.2) is 33.9 Å². The number of nitrogens with zero attached hydrogens (tertiary/aromatic N) is 1. The molecule has 35 heavy (non-hydrogen) atoms. The number of anilines is 3. The lowest BCUT2D eigenvalue weighted by atomic mass is 10.2. The lowest BCUT2D eigenvalue weighted by molar-refractivity contribution is -0.274. The molecule has 0 saturated heterocycles. The Balaban J connectivity index is 1.59. The van der Waals surface area contributed by atoms with Gasteiger partial charge in [0, 0.05) is 11.3 Å². The molecule has 0 fully saturated rings. The number of alkyl halides is 3. The Bertz CT molecular complexity index is 1310. The summed E-state index contributed by atoms with van der Waals surface area (Å²) in [5.74, 6) is -5.03. The van der Waals surface area contributed by atoms with E-state index in [0.717, 1.165) is 36.0 Å². The Morgan fingerprint density at radius 3 is 2.34 bits per heavy atom. The number of rotatable bonds is 7. The molecule has 1 heterocycles. The zero-order chi connectivity index (χ0) is 25.8. The number of thioether (sulfide) groups is 1. The standard InChI is InChI=1S/C20H14F5N5O4S/c21-12-6-1-9(7-13(12)22)17(32)28-15-16(26)29-19(30-18(15)33)35-8-14(31)27-10-2-4-11(5-3-10)34-20(23,24)25/h1-7H,8H2,(H,27,31)(H,28,32)(H3,26,29,30,33). The van der Waals surface area contributed by atoms with E-state index in [4.69, 9.17) is 5.73 Å². The van der Waals surface area contributed by atoms with Crippen molar-refractivity contribution >= 4 is 40.8 Å². The first-order valence-corrected chi connectivity index (χ1v) is 10.3. The van der Waals surface area contributed by atoms with Crippen LogP contribution >= 0.6 is 11.8 Å². The summed E-state index contributed by atoms with van der Waals surface area (Å²) < 4.78 is 66.6. The van der Waals surface area contributed by atoms with Gasteiger partial charge >= 0.3 is 6.36 Å². The topological polar surface area (TPSA) is 139 Å². The summed E-state index contributed by atoms with van der Waals surface area (Å²) in [6.45, 7) is 0. The van der Waals surface area contributed by atoms with E-state index in [1.54, 1.807) is 0 Å². The molecule has 0 bridgehead atoms. The highest BCUT2D eigenvalue weighted by atomic mass is 32.2. The highest BCUT2D eigenvalue weighted by Crippen LogP contribution is 2.24. The van der Waals surface area contributed by atoms with Gasteiger partial charge in [0.15, 0.2) is 22.6 Å². The summed E-state index contributed by atoms with van der Waals surface area (Å²) in [5.41, 5.74) is 4.33. The van der Waals surface area contributed by atoms with E-state index in [9.17, 15) is 36.3 Å². The number of halogens is 5. The maximum atomic E-state index is 13.3. The molecular weight excluding hydrogens is 501 g/mol. The SMILES string of the molecule is Nc1nc(SCC(=O)Nc2ccc(OC(F)(F)F)cc2)[nH]c(=O)c1NC(=O)c1ccc(F)c(F)c1. The van der Waals surface area contributed by atoms with Gasteiger partial charge in [-0.25, -0.2) is 13.8 Å². The van der Waals surface area contributed by atoms with Crippen LogP contribution in [0.15, 0.2) is 52.4 Å².